The second kappa shape index (κ2) is 5.48. The minimum absolute atomic E-state index is 0.0348. The first-order valence-electron chi connectivity index (χ1n) is 6.61. The van der Waals surface area contributed by atoms with Gasteiger partial charge in [0.2, 0.25) is 5.91 Å². The van der Waals surface area contributed by atoms with Gasteiger partial charge in [0.25, 0.3) is 0 Å². The monoisotopic (exact) mass is 263 g/mol. The van der Waals surface area contributed by atoms with Crippen LogP contribution >= 0.6 is 0 Å². The first-order valence-corrected chi connectivity index (χ1v) is 6.61. The number of amides is 1. The largest absolute Gasteiger partial charge is 0.486 e. The smallest absolute Gasteiger partial charge is 0.249 e. The number of carbonyl (C=O) groups is 1. The third kappa shape index (κ3) is 2.81. The fourth-order valence-electron chi connectivity index (χ4n) is 2.29. The molecule has 1 atom stereocenters. The van der Waals surface area contributed by atoms with Crippen LogP contribution in [-0.2, 0) is 16.1 Å². The molecular formula is C14H17NO4. The number of hydrogen-bond acceptors (Lipinski definition) is 4. The fraction of sp³-hybridized carbons (Fsp3) is 0.500. The number of ether oxygens (including phenoxy) is 3. The van der Waals surface area contributed by atoms with Crippen molar-refractivity contribution in [2.45, 2.75) is 25.5 Å². The molecule has 2 aliphatic rings. The lowest BCUT2D eigenvalue weighted by Crippen LogP contribution is -2.33. The van der Waals surface area contributed by atoms with Crippen LogP contribution in [0.25, 0.3) is 0 Å². The number of benzene rings is 1. The van der Waals surface area contributed by atoms with Crippen molar-refractivity contribution in [2.24, 2.45) is 0 Å². The summed E-state index contributed by atoms with van der Waals surface area (Å²) in [4.78, 5) is 11.8. The van der Waals surface area contributed by atoms with Crippen LogP contribution in [0.5, 0.6) is 11.5 Å². The third-order valence-corrected chi connectivity index (χ3v) is 3.30. The zero-order valence-corrected chi connectivity index (χ0v) is 10.7. The van der Waals surface area contributed by atoms with Crippen LogP contribution in [-0.4, -0.2) is 31.8 Å². The van der Waals surface area contributed by atoms with Crippen LogP contribution in [0, 0.1) is 0 Å². The Morgan fingerprint density at radius 3 is 2.84 bits per heavy atom. The second-order valence-electron chi connectivity index (χ2n) is 4.70. The normalized spacial score (nSPS) is 21.2. The molecule has 1 aromatic rings. The van der Waals surface area contributed by atoms with Crippen molar-refractivity contribution in [3.05, 3.63) is 23.8 Å². The summed E-state index contributed by atoms with van der Waals surface area (Å²) in [7, 11) is 0. The van der Waals surface area contributed by atoms with Gasteiger partial charge in [-0.1, -0.05) is 6.07 Å². The first kappa shape index (κ1) is 12.3. The van der Waals surface area contributed by atoms with Crippen molar-refractivity contribution in [3.8, 4) is 11.5 Å². The summed E-state index contributed by atoms with van der Waals surface area (Å²) < 4.78 is 16.3. The zero-order valence-electron chi connectivity index (χ0n) is 10.7. The molecule has 1 aromatic carbocycles. The van der Waals surface area contributed by atoms with Crippen molar-refractivity contribution in [1.82, 2.24) is 5.32 Å². The molecule has 3 rings (SSSR count). The van der Waals surface area contributed by atoms with E-state index in [1.54, 1.807) is 0 Å². The van der Waals surface area contributed by atoms with Gasteiger partial charge in [0, 0.05) is 13.2 Å². The molecule has 1 saturated heterocycles. The van der Waals surface area contributed by atoms with Crippen molar-refractivity contribution < 1.29 is 19.0 Å². The zero-order chi connectivity index (χ0) is 13.1. The Morgan fingerprint density at radius 2 is 2.05 bits per heavy atom. The molecule has 0 aromatic heterocycles. The molecule has 19 heavy (non-hydrogen) atoms. The average molecular weight is 263 g/mol. The van der Waals surface area contributed by atoms with Crippen molar-refractivity contribution in [3.63, 3.8) is 0 Å². The molecule has 2 heterocycles. The van der Waals surface area contributed by atoms with E-state index in [0.717, 1.165) is 29.9 Å². The molecule has 0 aliphatic carbocycles. The van der Waals surface area contributed by atoms with Gasteiger partial charge in [-0.05, 0) is 30.5 Å². The summed E-state index contributed by atoms with van der Waals surface area (Å²) in [6.07, 6.45) is 1.49. The SMILES string of the molecule is O=C(NCc1ccc2c(c1)OCCO2)[C@@H]1CCCO1. The predicted octanol–water partition coefficient (Wildman–Crippen LogP) is 1.25. The molecule has 1 amide bonds. The van der Waals surface area contributed by atoms with E-state index in [9.17, 15) is 4.79 Å². The minimum Gasteiger partial charge on any atom is -0.486 e. The molecule has 5 nitrogen and oxygen atoms in total. The lowest BCUT2D eigenvalue weighted by Gasteiger charge is -2.19. The second-order valence-corrected chi connectivity index (χ2v) is 4.70. The van der Waals surface area contributed by atoms with Crippen LogP contribution < -0.4 is 14.8 Å². The Morgan fingerprint density at radius 1 is 1.21 bits per heavy atom. The maximum atomic E-state index is 11.8. The van der Waals surface area contributed by atoms with Gasteiger partial charge < -0.3 is 19.5 Å². The Hall–Kier alpha value is -1.75. The number of fused-ring (bicyclic) bond motifs is 1. The highest BCUT2D eigenvalue weighted by molar-refractivity contribution is 5.80. The van der Waals surface area contributed by atoms with Gasteiger partial charge in [-0.2, -0.15) is 0 Å². The van der Waals surface area contributed by atoms with Gasteiger partial charge >= 0.3 is 0 Å². The molecule has 102 valence electrons. The van der Waals surface area contributed by atoms with Crippen LogP contribution in [0.2, 0.25) is 0 Å². The summed E-state index contributed by atoms with van der Waals surface area (Å²) in [5.74, 6) is 1.47. The topological polar surface area (TPSA) is 56.8 Å². The Kier molecular flexibility index (Phi) is 3.55. The summed E-state index contributed by atoms with van der Waals surface area (Å²) in [6, 6.07) is 5.72. The van der Waals surface area contributed by atoms with Crippen LogP contribution in [0.15, 0.2) is 18.2 Å². The molecule has 0 spiro atoms. The lowest BCUT2D eigenvalue weighted by atomic mass is 10.2. The molecule has 1 N–H and O–H groups in total. The molecule has 0 saturated carbocycles. The fourth-order valence-corrected chi connectivity index (χ4v) is 2.29. The van der Waals surface area contributed by atoms with Crippen LogP contribution in [0.4, 0.5) is 0 Å². The maximum Gasteiger partial charge on any atom is 0.249 e. The molecule has 0 radical (unpaired) electrons. The third-order valence-electron chi connectivity index (χ3n) is 3.30. The quantitative estimate of drug-likeness (QED) is 0.891. The molecule has 5 heteroatoms. The molecule has 1 fully saturated rings. The van der Waals surface area contributed by atoms with Crippen LogP contribution in [0.1, 0.15) is 18.4 Å². The summed E-state index contributed by atoms with van der Waals surface area (Å²) in [5, 5.41) is 2.89. The van der Waals surface area contributed by atoms with E-state index in [4.69, 9.17) is 14.2 Å². The van der Waals surface area contributed by atoms with Gasteiger partial charge in [0.15, 0.2) is 11.5 Å². The van der Waals surface area contributed by atoms with E-state index in [1.165, 1.54) is 0 Å². The van der Waals surface area contributed by atoms with E-state index in [1.807, 2.05) is 18.2 Å². The van der Waals surface area contributed by atoms with E-state index < -0.39 is 0 Å². The highest BCUT2D eigenvalue weighted by Crippen LogP contribution is 2.30. The number of carbonyl (C=O) groups excluding carboxylic acids is 1. The molecular weight excluding hydrogens is 246 g/mol. The Labute approximate surface area is 111 Å². The predicted molar refractivity (Wildman–Crippen MR) is 68.3 cm³/mol. The van der Waals surface area contributed by atoms with Gasteiger partial charge in [0.1, 0.15) is 19.3 Å². The van der Waals surface area contributed by atoms with Crippen molar-refractivity contribution in [1.29, 1.82) is 0 Å². The van der Waals surface area contributed by atoms with E-state index in [2.05, 4.69) is 5.32 Å². The highest BCUT2D eigenvalue weighted by Gasteiger charge is 2.23. The number of rotatable bonds is 3. The molecule has 0 unspecified atom stereocenters. The average Bonchev–Trinajstić information content (AvgIpc) is 2.99. The van der Waals surface area contributed by atoms with Gasteiger partial charge in [-0.25, -0.2) is 0 Å². The maximum absolute atomic E-state index is 11.8. The van der Waals surface area contributed by atoms with Crippen LogP contribution in [0.3, 0.4) is 0 Å². The Balaban J connectivity index is 1.59. The minimum atomic E-state index is -0.280. The number of hydrogen-bond donors (Lipinski definition) is 1. The molecule has 0 bridgehead atoms. The van der Waals surface area contributed by atoms with Gasteiger partial charge in [-0.15, -0.1) is 0 Å². The number of nitrogens with one attached hydrogen (secondary N) is 1. The summed E-state index contributed by atoms with van der Waals surface area (Å²) >= 11 is 0. The summed E-state index contributed by atoms with van der Waals surface area (Å²) in [6.45, 7) is 2.32. The van der Waals surface area contributed by atoms with E-state index in [0.29, 0.717) is 26.4 Å². The molecule has 2 aliphatic heterocycles. The Bertz CT molecular complexity index is 469. The summed E-state index contributed by atoms with van der Waals surface area (Å²) in [5.41, 5.74) is 0.996. The van der Waals surface area contributed by atoms with E-state index in [-0.39, 0.29) is 12.0 Å². The highest BCUT2D eigenvalue weighted by atomic mass is 16.6. The first-order chi connectivity index (χ1) is 9.33. The van der Waals surface area contributed by atoms with Crippen molar-refractivity contribution >= 4 is 5.91 Å². The van der Waals surface area contributed by atoms with Gasteiger partial charge in [0.05, 0.1) is 0 Å². The van der Waals surface area contributed by atoms with E-state index >= 15 is 0 Å². The van der Waals surface area contributed by atoms with Gasteiger partial charge in [-0.3, -0.25) is 4.79 Å². The van der Waals surface area contributed by atoms with Crippen molar-refractivity contribution in [2.75, 3.05) is 19.8 Å². The standard InChI is InChI=1S/C14H17NO4/c16-14(12-2-1-5-17-12)15-9-10-3-4-11-13(8-10)19-7-6-18-11/h3-4,8,12H,1-2,5-7,9H2,(H,15,16)/t12-/m0/s1. The lowest BCUT2D eigenvalue weighted by molar-refractivity contribution is -0.130.